The second-order valence-corrected chi connectivity index (χ2v) is 5.35. The van der Waals surface area contributed by atoms with Crippen molar-refractivity contribution in [1.82, 2.24) is 0 Å². The summed E-state index contributed by atoms with van der Waals surface area (Å²) in [5, 5.41) is 20.6. The zero-order chi connectivity index (χ0) is 18.4. The predicted molar refractivity (Wildman–Crippen MR) is 89.1 cm³/mol. The topological polar surface area (TPSA) is 72.9 Å². The molecule has 128 valence electrons. The highest BCUT2D eigenvalue weighted by Crippen LogP contribution is 2.30. The molecule has 25 heavy (non-hydrogen) atoms. The van der Waals surface area contributed by atoms with E-state index >= 15 is 0 Å². The molecule has 0 saturated heterocycles. The van der Waals surface area contributed by atoms with E-state index in [0.717, 1.165) is 24.3 Å². The average Bonchev–Trinajstić information content (AvgIpc) is 2.57. The van der Waals surface area contributed by atoms with Crippen LogP contribution in [0.4, 0.5) is 24.5 Å². The van der Waals surface area contributed by atoms with E-state index in [-0.39, 0.29) is 11.5 Å². The molecule has 0 bridgehead atoms. The number of anilines is 1. The van der Waals surface area contributed by atoms with Crippen molar-refractivity contribution in [2.24, 2.45) is 15.3 Å². The molecule has 0 aliphatic rings. The van der Waals surface area contributed by atoms with Crippen LogP contribution >= 0.6 is 23.2 Å². The van der Waals surface area contributed by atoms with Gasteiger partial charge in [-0.25, -0.2) is 0 Å². The number of benzene rings is 2. The van der Waals surface area contributed by atoms with Crippen LogP contribution < -0.4 is 5.43 Å². The minimum atomic E-state index is -4.43. The third-order valence-electron chi connectivity index (χ3n) is 2.77. The molecule has 0 radical (unpaired) electrons. The first kappa shape index (κ1) is 18.7. The van der Waals surface area contributed by atoms with Crippen molar-refractivity contribution in [2.45, 2.75) is 6.18 Å². The van der Waals surface area contributed by atoms with Crippen LogP contribution in [0, 0.1) is 11.3 Å². The van der Waals surface area contributed by atoms with Crippen LogP contribution in [0.25, 0.3) is 0 Å². The molecule has 0 unspecified atom stereocenters. The Morgan fingerprint density at radius 2 is 1.72 bits per heavy atom. The van der Waals surface area contributed by atoms with Crippen molar-refractivity contribution in [3.05, 3.63) is 58.1 Å². The Balaban J connectivity index is 2.09. The number of hydrogen-bond acceptors (Lipinski definition) is 4. The van der Waals surface area contributed by atoms with E-state index in [1.54, 1.807) is 12.1 Å². The van der Waals surface area contributed by atoms with Gasteiger partial charge in [0.25, 0.3) is 5.84 Å². The van der Waals surface area contributed by atoms with E-state index in [2.05, 4.69) is 20.8 Å². The Labute approximate surface area is 150 Å². The van der Waals surface area contributed by atoms with Gasteiger partial charge in [0.15, 0.2) is 0 Å². The number of amidine groups is 1. The SMILES string of the molecule is N#CC(N=Nc1ccc(C(F)(F)F)cc1)=NNc1ccc(Cl)c(Cl)c1. The zero-order valence-electron chi connectivity index (χ0n) is 12.2. The number of rotatable bonds is 3. The maximum atomic E-state index is 12.5. The highest BCUT2D eigenvalue weighted by atomic mass is 35.5. The smallest absolute Gasteiger partial charge is 0.276 e. The Hall–Kier alpha value is -2.63. The summed E-state index contributed by atoms with van der Waals surface area (Å²) in [5.41, 5.74) is 2.35. The van der Waals surface area contributed by atoms with Crippen molar-refractivity contribution < 1.29 is 13.2 Å². The largest absolute Gasteiger partial charge is 0.416 e. The van der Waals surface area contributed by atoms with Gasteiger partial charge < -0.3 is 0 Å². The van der Waals surface area contributed by atoms with E-state index in [1.165, 1.54) is 12.1 Å². The van der Waals surface area contributed by atoms with E-state index in [0.29, 0.717) is 15.7 Å². The maximum Gasteiger partial charge on any atom is 0.416 e. The quantitative estimate of drug-likeness (QED) is 0.302. The van der Waals surface area contributed by atoms with Crippen LogP contribution in [0.2, 0.25) is 10.0 Å². The summed E-state index contributed by atoms with van der Waals surface area (Å²) in [6.45, 7) is 0. The van der Waals surface area contributed by atoms with Gasteiger partial charge in [0.1, 0.15) is 6.07 Å². The van der Waals surface area contributed by atoms with Gasteiger partial charge in [-0.3, -0.25) is 5.43 Å². The predicted octanol–water partition coefficient (Wildman–Crippen LogP) is 6.05. The molecule has 2 aromatic carbocycles. The lowest BCUT2D eigenvalue weighted by molar-refractivity contribution is -0.137. The Morgan fingerprint density at radius 1 is 1.04 bits per heavy atom. The number of hydrogen-bond donors (Lipinski definition) is 1. The number of nitrogens with zero attached hydrogens (tertiary/aromatic N) is 4. The fraction of sp³-hybridized carbons (Fsp3) is 0.0667. The highest BCUT2D eigenvalue weighted by molar-refractivity contribution is 6.42. The molecule has 0 aliphatic carbocycles. The minimum absolute atomic E-state index is 0.144. The van der Waals surface area contributed by atoms with Crippen molar-refractivity contribution in [3.63, 3.8) is 0 Å². The first-order valence-electron chi connectivity index (χ1n) is 6.57. The van der Waals surface area contributed by atoms with E-state index < -0.39 is 11.7 Å². The Bertz CT molecular complexity index is 855. The number of azo groups is 1. The van der Waals surface area contributed by atoms with Gasteiger partial charge in [-0.2, -0.15) is 18.4 Å². The van der Waals surface area contributed by atoms with E-state index in [9.17, 15) is 13.2 Å². The standard InChI is InChI=1S/C15H8Cl2F3N5/c16-12-6-5-11(7-13(12)17)23-25-14(8-21)24-22-10-3-1-9(2-4-10)15(18,19)20/h1-7,23H. The van der Waals surface area contributed by atoms with Crippen molar-refractivity contribution in [1.29, 1.82) is 5.26 Å². The van der Waals surface area contributed by atoms with Crippen molar-refractivity contribution in [2.75, 3.05) is 5.43 Å². The lowest BCUT2D eigenvalue weighted by atomic mass is 10.2. The lowest BCUT2D eigenvalue weighted by Gasteiger charge is -2.05. The van der Waals surface area contributed by atoms with Crippen LogP contribution in [0.5, 0.6) is 0 Å². The lowest BCUT2D eigenvalue weighted by Crippen LogP contribution is -2.03. The summed E-state index contributed by atoms with van der Waals surface area (Å²) in [6, 6.07) is 10.3. The van der Waals surface area contributed by atoms with Gasteiger partial charge in [0.2, 0.25) is 0 Å². The molecule has 5 nitrogen and oxygen atoms in total. The molecule has 2 aromatic rings. The fourth-order valence-corrected chi connectivity index (χ4v) is 1.87. The molecule has 10 heteroatoms. The number of nitrogens with one attached hydrogen (secondary N) is 1. The molecule has 0 amide bonds. The number of hydrazone groups is 1. The van der Waals surface area contributed by atoms with Crippen molar-refractivity contribution in [3.8, 4) is 6.07 Å². The third kappa shape index (κ3) is 5.45. The first-order valence-corrected chi connectivity index (χ1v) is 7.33. The van der Waals surface area contributed by atoms with Gasteiger partial charge in [-0.15, -0.1) is 15.3 Å². The maximum absolute atomic E-state index is 12.5. The summed E-state index contributed by atoms with van der Waals surface area (Å²) >= 11 is 11.6. The zero-order valence-corrected chi connectivity index (χ0v) is 13.7. The van der Waals surface area contributed by atoms with E-state index in [1.807, 2.05) is 0 Å². The highest BCUT2D eigenvalue weighted by Gasteiger charge is 2.29. The van der Waals surface area contributed by atoms with Gasteiger partial charge in [0.05, 0.1) is 27.0 Å². The Morgan fingerprint density at radius 3 is 2.28 bits per heavy atom. The molecule has 0 aliphatic heterocycles. The van der Waals surface area contributed by atoms with Gasteiger partial charge in [-0.05, 0) is 42.5 Å². The number of halogens is 5. The normalized spacial score (nSPS) is 12.2. The fourth-order valence-electron chi connectivity index (χ4n) is 1.58. The summed E-state index contributed by atoms with van der Waals surface area (Å²) < 4.78 is 37.4. The number of nitriles is 1. The van der Waals surface area contributed by atoms with Crippen LogP contribution in [0.1, 0.15) is 5.56 Å². The monoisotopic (exact) mass is 385 g/mol. The van der Waals surface area contributed by atoms with Gasteiger partial charge in [-0.1, -0.05) is 23.2 Å². The molecule has 0 atom stereocenters. The minimum Gasteiger partial charge on any atom is -0.276 e. The van der Waals surface area contributed by atoms with Crippen LogP contribution in [-0.2, 0) is 6.18 Å². The second kappa shape index (κ2) is 7.96. The third-order valence-corrected chi connectivity index (χ3v) is 3.50. The molecule has 0 fully saturated rings. The molecule has 0 saturated carbocycles. The molecule has 0 aromatic heterocycles. The van der Waals surface area contributed by atoms with Crippen LogP contribution in [0.3, 0.4) is 0 Å². The summed E-state index contributed by atoms with van der Waals surface area (Å²) in [4.78, 5) is 0. The van der Waals surface area contributed by atoms with E-state index in [4.69, 9.17) is 28.5 Å². The summed E-state index contributed by atoms with van der Waals surface area (Å²) in [6.07, 6.45) is -4.43. The molecular formula is C15H8Cl2F3N5. The molecule has 0 heterocycles. The first-order chi connectivity index (χ1) is 11.8. The number of alkyl halides is 3. The average molecular weight is 386 g/mol. The molecule has 2 rings (SSSR count). The second-order valence-electron chi connectivity index (χ2n) is 4.53. The summed E-state index contributed by atoms with van der Waals surface area (Å²) in [5.74, 6) is -0.328. The molecular weight excluding hydrogens is 378 g/mol. The van der Waals surface area contributed by atoms with Crippen LogP contribution in [0.15, 0.2) is 57.8 Å². The van der Waals surface area contributed by atoms with Gasteiger partial charge >= 0.3 is 6.18 Å². The Kier molecular flexibility index (Phi) is 5.96. The molecule has 0 spiro atoms. The van der Waals surface area contributed by atoms with Gasteiger partial charge in [0, 0.05) is 0 Å². The molecule has 1 N–H and O–H groups in total. The van der Waals surface area contributed by atoms with Crippen LogP contribution in [-0.4, -0.2) is 5.84 Å². The summed E-state index contributed by atoms with van der Waals surface area (Å²) in [7, 11) is 0. The van der Waals surface area contributed by atoms with Crippen molar-refractivity contribution >= 4 is 40.4 Å².